The number of nitrogens with one attached hydrogen (secondary N) is 1. The van der Waals surface area contributed by atoms with E-state index in [0.29, 0.717) is 6.42 Å². The molecule has 0 aliphatic carbocycles. The Hall–Kier alpha value is -2.51. The molecule has 102 heavy (non-hydrogen) atoms. The predicted molar refractivity (Wildman–Crippen MR) is 406 cm³/mol. The van der Waals surface area contributed by atoms with Gasteiger partial charge in [0.05, 0.1) is 38.6 Å². The Bertz CT molecular complexity index is 2080. The van der Waals surface area contributed by atoms with Crippen molar-refractivity contribution in [1.29, 1.82) is 0 Å². The number of carbonyl (C=O) groups excluding carboxylic acids is 1. The first kappa shape index (κ1) is 93.7. The molecule has 3 rings (SSSR count). The van der Waals surface area contributed by atoms with Crippen LogP contribution in [0, 0.1) is 0 Å². The number of rotatable bonds is 66. The van der Waals surface area contributed by atoms with Gasteiger partial charge in [0, 0.05) is 6.42 Å². The summed E-state index contributed by atoms with van der Waals surface area (Å²) in [5, 5.41) is 121. The molecule has 19 heteroatoms. The summed E-state index contributed by atoms with van der Waals surface area (Å²) in [4.78, 5) is 13.5. The molecule has 0 aromatic rings. The van der Waals surface area contributed by atoms with E-state index in [2.05, 4.69) is 67.8 Å². The highest BCUT2D eigenvalue weighted by molar-refractivity contribution is 5.76. The molecule has 0 saturated carbocycles. The van der Waals surface area contributed by atoms with E-state index in [1.165, 1.54) is 231 Å². The van der Waals surface area contributed by atoms with Crippen LogP contribution in [0.2, 0.25) is 0 Å². The summed E-state index contributed by atoms with van der Waals surface area (Å²) < 4.78 is 34.4. The van der Waals surface area contributed by atoms with Crippen molar-refractivity contribution in [3.8, 4) is 0 Å². The van der Waals surface area contributed by atoms with Crippen LogP contribution in [0.4, 0.5) is 0 Å². The fraction of sp³-hybridized carbons (Fsp3) is 0.867. The minimum absolute atomic E-state index is 0.247. The molecule has 3 saturated heterocycles. The molecular formula is C83H151NO18. The average molecular weight is 1450 g/mol. The third-order valence-electron chi connectivity index (χ3n) is 20.6. The van der Waals surface area contributed by atoms with Crippen molar-refractivity contribution < 1.29 is 89.4 Å². The van der Waals surface area contributed by atoms with Crippen LogP contribution >= 0.6 is 0 Å². The number of allylic oxidation sites excluding steroid dienone is 9. The maximum Gasteiger partial charge on any atom is 0.220 e. The van der Waals surface area contributed by atoms with Crippen LogP contribution in [0.5, 0.6) is 0 Å². The van der Waals surface area contributed by atoms with Crippen LogP contribution in [0.25, 0.3) is 0 Å². The largest absolute Gasteiger partial charge is 0.394 e. The van der Waals surface area contributed by atoms with Gasteiger partial charge in [0.2, 0.25) is 5.91 Å². The lowest BCUT2D eigenvalue weighted by molar-refractivity contribution is -0.379. The zero-order valence-corrected chi connectivity index (χ0v) is 63.8. The highest BCUT2D eigenvalue weighted by Crippen LogP contribution is 2.33. The van der Waals surface area contributed by atoms with Crippen LogP contribution < -0.4 is 5.32 Å². The number of unbranched alkanes of at least 4 members (excludes halogenated alkanes) is 42. The highest BCUT2D eigenvalue weighted by atomic mass is 16.8. The molecule has 3 fully saturated rings. The van der Waals surface area contributed by atoms with Gasteiger partial charge in [-0.1, -0.05) is 325 Å². The number of carbonyl (C=O) groups is 1. The fourth-order valence-corrected chi connectivity index (χ4v) is 14.0. The Morgan fingerprint density at radius 3 is 1.06 bits per heavy atom. The molecule has 0 aromatic carbocycles. The van der Waals surface area contributed by atoms with Gasteiger partial charge in [-0.3, -0.25) is 4.79 Å². The van der Waals surface area contributed by atoms with E-state index in [1.807, 2.05) is 6.08 Å². The molecule has 3 aliphatic rings. The monoisotopic (exact) mass is 1450 g/mol. The van der Waals surface area contributed by atoms with Crippen molar-refractivity contribution >= 4 is 5.91 Å². The molecule has 17 unspecified atom stereocenters. The van der Waals surface area contributed by atoms with Crippen LogP contribution in [0.15, 0.2) is 60.8 Å². The molecule has 0 aromatic heterocycles. The summed E-state index contributed by atoms with van der Waals surface area (Å²) in [5.41, 5.74) is 0. The van der Waals surface area contributed by atoms with Crippen molar-refractivity contribution in [2.75, 3.05) is 26.4 Å². The Morgan fingerprint density at radius 2 is 0.676 bits per heavy atom. The van der Waals surface area contributed by atoms with Crippen LogP contribution in [0.1, 0.15) is 328 Å². The van der Waals surface area contributed by atoms with E-state index in [-0.39, 0.29) is 18.9 Å². The van der Waals surface area contributed by atoms with Crippen LogP contribution in [-0.2, 0) is 33.2 Å². The topological polar surface area (TPSA) is 307 Å². The Kier molecular flexibility index (Phi) is 58.3. The van der Waals surface area contributed by atoms with E-state index in [1.54, 1.807) is 6.08 Å². The number of aliphatic hydroxyl groups excluding tert-OH is 11. The van der Waals surface area contributed by atoms with E-state index in [4.69, 9.17) is 28.4 Å². The van der Waals surface area contributed by atoms with Gasteiger partial charge in [-0.05, 0) is 57.8 Å². The minimum atomic E-state index is -1.98. The van der Waals surface area contributed by atoms with Gasteiger partial charge in [-0.2, -0.15) is 0 Å². The van der Waals surface area contributed by atoms with Gasteiger partial charge in [-0.15, -0.1) is 0 Å². The van der Waals surface area contributed by atoms with Gasteiger partial charge in [-0.25, -0.2) is 0 Å². The fourth-order valence-electron chi connectivity index (χ4n) is 14.0. The van der Waals surface area contributed by atoms with Crippen LogP contribution in [0.3, 0.4) is 0 Å². The van der Waals surface area contributed by atoms with Gasteiger partial charge in [0.1, 0.15) is 73.2 Å². The summed E-state index contributed by atoms with van der Waals surface area (Å²) in [5.74, 6) is -0.270. The zero-order chi connectivity index (χ0) is 73.9. The number of ether oxygens (including phenoxy) is 6. The third-order valence-corrected chi connectivity index (χ3v) is 20.6. The molecule has 0 bridgehead atoms. The first-order valence-electron chi connectivity index (χ1n) is 41.5. The molecule has 3 aliphatic heterocycles. The number of aliphatic hydroxyl groups is 11. The number of hydrogen-bond donors (Lipinski definition) is 12. The lowest BCUT2D eigenvalue weighted by Gasteiger charge is -2.48. The molecule has 596 valence electrons. The second kappa shape index (κ2) is 63.4. The Morgan fingerprint density at radius 1 is 0.363 bits per heavy atom. The van der Waals surface area contributed by atoms with E-state index >= 15 is 0 Å². The number of hydrogen-bond acceptors (Lipinski definition) is 18. The third kappa shape index (κ3) is 42.9. The van der Waals surface area contributed by atoms with Crippen molar-refractivity contribution in [2.45, 2.75) is 433 Å². The standard InChI is InChI=1S/C83H151NO18/c1-3-5-7-9-11-13-15-17-19-21-23-24-25-26-27-28-29-30-31-32-33-34-35-36-37-38-39-40-41-42-43-45-47-49-51-53-55-57-59-61-71(89)84-66(67(88)60-58-56-54-52-50-48-46-44-22-20-18-16-14-12-10-8-6-4-2)65-97-81-77(95)74(92)79(69(63-86)99-81)102-83-78(96)75(93)80(70(64-87)100-83)101-82-76(94)73(91)72(90)68(62-85)98-82/h5,7,11,13,17,19,23-24,58,60,66-70,72-83,85-88,90-96H,3-4,6,8-10,12,14-16,18,20-22,25-57,59,61-65H2,1-2H3,(H,84,89)/b7-5-,13-11-,19-17-,24-23-,60-58+. The van der Waals surface area contributed by atoms with Crippen LogP contribution in [-0.4, -0.2) is 193 Å². The normalized spacial score (nSPS) is 26.5. The first-order valence-corrected chi connectivity index (χ1v) is 41.5. The maximum atomic E-state index is 13.5. The van der Waals surface area contributed by atoms with E-state index in [9.17, 15) is 61.0 Å². The molecular weight excluding hydrogens is 1300 g/mol. The van der Waals surface area contributed by atoms with Crippen molar-refractivity contribution in [3.63, 3.8) is 0 Å². The van der Waals surface area contributed by atoms with E-state index in [0.717, 1.165) is 70.6 Å². The predicted octanol–water partition coefficient (Wildman–Crippen LogP) is 14.2. The van der Waals surface area contributed by atoms with Gasteiger partial charge in [0.15, 0.2) is 18.9 Å². The second-order valence-electron chi connectivity index (χ2n) is 29.6. The maximum absolute atomic E-state index is 13.5. The Balaban J connectivity index is 1.30. The molecule has 1 amide bonds. The smallest absolute Gasteiger partial charge is 0.220 e. The van der Waals surface area contributed by atoms with Crippen molar-refractivity contribution in [1.82, 2.24) is 5.32 Å². The quantitative estimate of drug-likeness (QED) is 0.0199. The van der Waals surface area contributed by atoms with E-state index < -0.39 is 124 Å². The van der Waals surface area contributed by atoms with Crippen molar-refractivity contribution in [2.24, 2.45) is 0 Å². The minimum Gasteiger partial charge on any atom is -0.394 e. The molecule has 3 heterocycles. The SMILES string of the molecule is CC/C=C\C/C=C\C/C=C\C/C=C\CCCCCCCCCCCCCCCCCCCCCCCCCCCCC(=O)NC(COC1OC(CO)C(OC2OC(CO)C(OC3OC(CO)C(O)C(O)C3O)C(O)C2O)C(O)C1O)C(O)/C=C/CCCCCCCCCCCCCCCCCC. The summed E-state index contributed by atoms with van der Waals surface area (Å²) in [6.45, 7) is 1.66. The second-order valence-corrected chi connectivity index (χ2v) is 29.6. The Labute approximate surface area is 617 Å². The summed E-state index contributed by atoms with van der Waals surface area (Å²) in [6, 6.07) is -0.973. The number of amides is 1. The van der Waals surface area contributed by atoms with Crippen molar-refractivity contribution in [3.05, 3.63) is 60.8 Å². The highest BCUT2D eigenvalue weighted by Gasteiger charge is 2.54. The zero-order valence-electron chi connectivity index (χ0n) is 63.8. The summed E-state index contributed by atoms with van der Waals surface area (Å²) >= 11 is 0. The molecule has 12 N–H and O–H groups in total. The summed E-state index contributed by atoms with van der Waals surface area (Å²) in [7, 11) is 0. The first-order chi connectivity index (χ1) is 49.8. The lowest BCUT2D eigenvalue weighted by atomic mass is 9.96. The average Bonchev–Trinajstić information content (AvgIpc) is 0.781. The molecule has 17 atom stereocenters. The molecule has 19 nitrogen and oxygen atoms in total. The van der Waals surface area contributed by atoms with Gasteiger partial charge in [0.25, 0.3) is 0 Å². The summed E-state index contributed by atoms with van der Waals surface area (Å²) in [6.07, 6.45) is 55.1. The lowest BCUT2D eigenvalue weighted by Crippen LogP contribution is -2.66. The molecule has 0 radical (unpaired) electrons. The van der Waals surface area contributed by atoms with Gasteiger partial charge >= 0.3 is 0 Å². The van der Waals surface area contributed by atoms with Gasteiger partial charge < -0.3 is 89.9 Å². The molecule has 0 spiro atoms.